The minimum atomic E-state index is 0.111. The van der Waals surface area contributed by atoms with Gasteiger partial charge in [-0.1, -0.05) is 6.07 Å². The Labute approximate surface area is 84.3 Å². The van der Waals surface area contributed by atoms with E-state index in [2.05, 4.69) is 42.8 Å². The van der Waals surface area contributed by atoms with Gasteiger partial charge < -0.3 is 10.3 Å². The third kappa shape index (κ3) is 1.32. The molecular weight excluding hydrogens is 172 g/mol. The van der Waals surface area contributed by atoms with Crippen LogP contribution in [0, 0.1) is 6.92 Å². The fraction of sp³-hybridized carbons (Fsp3) is 0.333. The van der Waals surface area contributed by atoms with Crippen LogP contribution in [0.2, 0.25) is 0 Å². The molecule has 1 unspecified atom stereocenters. The summed E-state index contributed by atoms with van der Waals surface area (Å²) in [6.07, 6.45) is 0. The fourth-order valence-electron chi connectivity index (χ4n) is 1.79. The SMILES string of the molecule is Cc1cc2cc(C(C)N)ccc2n1C. The van der Waals surface area contributed by atoms with Crippen molar-refractivity contribution >= 4 is 10.9 Å². The highest BCUT2D eigenvalue weighted by molar-refractivity contribution is 5.82. The smallest absolute Gasteiger partial charge is 0.0480 e. The summed E-state index contributed by atoms with van der Waals surface area (Å²) in [6.45, 7) is 4.13. The molecule has 0 saturated carbocycles. The Kier molecular flexibility index (Phi) is 2.08. The van der Waals surface area contributed by atoms with Gasteiger partial charge in [0.15, 0.2) is 0 Å². The van der Waals surface area contributed by atoms with Gasteiger partial charge in [-0.05, 0) is 37.6 Å². The molecule has 1 aromatic heterocycles. The van der Waals surface area contributed by atoms with Crippen molar-refractivity contribution < 1.29 is 0 Å². The molecular formula is C12H16N2. The van der Waals surface area contributed by atoms with Gasteiger partial charge in [-0.2, -0.15) is 0 Å². The monoisotopic (exact) mass is 188 g/mol. The zero-order chi connectivity index (χ0) is 10.3. The van der Waals surface area contributed by atoms with E-state index in [4.69, 9.17) is 5.73 Å². The molecule has 0 aliphatic carbocycles. The predicted molar refractivity (Wildman–Crippen MR) is 60.3 cm³/mol. The van der Waals surface area contributed by atoms with Crippen LogP contribution in [0.5, 0.6) is 0 Å². The average molecular weight is 188 g/mol. The highest BCUT2D eigenvalue weighted by atomic mass is 14.9. The van der Waals surface area contributed by atoms with Crippen LogP contribution in [0.3, 0.4) is 0 Å². The van der Waals surface area contributed by atoms with Crippen molar-refractivity contribution in [3.63, 3.8) is 0 Å². The summed E-state index contributed by atoms with van der Waals surface area (Å²) >= 11 is 0. The van der Waals surface area contributed by atoms with Crippen LogP contribution in [-0.2, 0) is 7.05 Å². The van der Waals surface area contributed by atoms with Crippen LogP contribution in [0.15, 0.2) is 24.3 Å². The minimum absolute atomic E-state index is 0.111. The standard InChI is InChI=1S/C12H16N2/c1-8-6-11-7-10(9(2)13)4-5-12(11)14(8)3/h4-7,9H,13H2,1-3H3. The van der Waals surface area contributed by atoms with E-state index < -0.39 is 0 Å². The first-order valence-corrected chi connectivity index (χ1v) is 4.91. The van der Waals surface area contributed by atoms with Crippen molar-refractivity contribution in [2.75, 3.05) is 0 Å². The maximum Gasteiger partial charge on any atom is 0.0480 e. The van der Waals surface area contributed by atoms with Crippen LogP contribution in [-0.4, -0.2) is 4.57 Å². The van der Waals surface area contributed by atoms with Gasteiger partial charge in [-0.25, -0.2) is 0 Å². The van der Waals surface area contributed by atoms with Crippen molar-refractivity contribution in [2.45, 2.75) is 19.9 Å². The molecule has 0 fully saturated rings. The Morgan fingerprint density at radius 1 is 1.29 bits per heavy atom. The Bertz CT molecular complexity index is 466. The van der Waals surface area contributed by atoms with E-state index in [0.29, 0.717) is 0 Å². The molecule has 1 atom stereocenters. The lowest BCUT2D eigenvalue weighted by molar-refractivity contribution is 0.819. The lowest BCUT2D eigenvalue weighted by Crippen LogP contribution is -2.04. The fourth-order valence-corrected chi connectivity index (χ4v) is 1.79. The minimum Gasteiger partial charge on any atom is -0.348 e. The lowest BCUT2D eigenvalue weighted by atomic mass is 10.1. The van der Waals surface area contributed by atoms with Gasteiger partial charge in [0.05, 0.1) is 0 Å². The van der Waals surface area contributed by atoms with Crippen LogP contribution in [0.25, 0.3) is 10.9 Å². The molecule has 14 heavy (non-hydrogen) atoms. The highest BCUT2D eigenvalue weighted by Crippen LogP contribution is 2.21. The van der Waals surface area contributed by atoms with Crippen LogP contribution >= 0.6 is 0 Å². The maximum atomic E-state index is 5.84. The third-order valence-corrected chi connectivity index (χ3v) is 2.83. The maximum absolute atomic E-state index is 5.84. The number of nitrogens with zero attached hydrogens (tertiary/aromatic N) is 1. The number of fused-ring (bicyclic) bond motifs is 1. The molecule has 2 rings (SSSR count). The number of hydrogen-bond acceptors (Lipinski definition) is 1. The Morgan fingerprint density at radius 3 is 2.64 bits per heavy atom. The van der Waals surface area contributed by atoms with E-state index in [1.54, 1.807) is 0 Å². The molecule has 0 aliphatic heterocycles. The second-order valence-corrected chi connectivity index (χ2v) is 3.95. The summed E-state index contributed by atoms with van der Waals surface area (Å²) in [5.74, 6) is 0. The third-order valence-electron chi connectivity index (χ3n) is 2.83. The second-order valence-electron chi connectivity index (χ2n) is 3.95. The average Bonchev–Trinajstić information content (AvgIpc) is 2.42. The Balaban J connectivity index is 2.67. The van der Waals surface area contributed by atoms with Crippen molar-refractivity contribution in [1.29, 1.82) is 0 Å². The molecule has 2 nitrogen and oxygen atoms in total. The van der Waals surface area contributed by atoms with Crippen LogP contribution in [0.4, 0.5) is 0 Å². The van der Waals surface area contributed by atoms with Crippen molar-refractivity contribution in [3.8, 4) is 0 Å². The summed E-state index contributed by atoms with van der Waals surface area (Å²) in [5, 5.41) is 1.28. The summed E-state index contributed by atoms with van der Waals surface area (Å²) in [5.41, 5.74) is 9.59. The van der Waals surface area contributed by atoms with Crippen molar-refractivity contribution in [3.05, 3.63) is 35.5 Å². The summed E-state index contributed by atoms with van der Waals surface area (Å²) in [6, 6.07) is 8.72. The topological polar surface area (TPSA) is 30.9 Å². The molecule has 1 aromatic carbocycles. The first-order chi connectivity index (χ1) is 6.59. The van der Waals surface area contributed by atoms with Gasteiger partial charge in [-0.3, -0.25) is 0 Å². The number of rotatable bonds is 1. The molecule has 0 saturated heterocycles. The van der Waals surface area contributed by atoms with Gasteiger partial charge in [0, 0.05) is 29.7 Å². The van der Waals surface area contributed by atoms with Crippen LogP contribution < -0.4 is 5.73 Å². The number of aryl methyl sites for hydroxylation is 2. The highest BCUT2D eigenvalue weighted by Gasteiger charge is 2.04. The summed E-state index contributed by atoms with van der Waals surface area (Å²) in [7, 11) is 2.09. The molecule has 0 spiro atoms. The second kappa shape index (κ2) is 3.14. The first kappa shape index (κ1) is 9.28. The van der Waals surface area contributed by atoms with Gasteiger partial charge in [0.2, 0.25) is 0 Å². The molecule has 0 bridgehead atoms. The van der Waals surface area contributed by atoms with Crippen LogP contribution in [0.1, 0.15) is 24.2 Å². The van der Waals surface area contributed by atoms with E-state index in [-0.39, 0.29) is 6.04 Å². The lowest BCUT2D eigenvalue weighted by Gasteiger charge is -2.05. The van der Waals surface area contributed by atoms with Gasteiger partial charge in [0.1, 0.15) is 0 Å². The number of hydrogen-bond donors (Lipinski definition) is 1. The number of aromatic nitrogens is 1. The van der Waals surface area contributed by atoms with Gasteiger partial charge >= 0.3 is 0 Å². The Hall–Kier alpha value is -1.28. The largest absolute Gasteiger partial charge is 0.348 e. The molecule has 2 N–H and O–H groups in total. The quantitative estimate of drug-likeness (QED) is 0.732. The Morgan fingerprint density at radius 2 is 2.00 bits per heavy atom. The number of benzene rings is 1. The van der Waals surface area contributed by atoms with E-state index in [1.165, 1.54) is 22.2 Å². The molecule has 0 amide bonds. The molecule has 0 aliphatic rings. The normalized spacial score (nSPS) is 13.4. The predicted octanol–water partition coefficient (Wildman–Crippen LogP) is 2.51. The molecule has 2 heteroatoms. The molecule has 0 radical (unpaired) electrons. The van der Waals surface area contributed by atoms with E-state index in [0.717, 1.165) is 0 Å². The molecule has 74 valence electrons. The van der Waals surface area contributed by atoms with Crippen molar-refractivity contribution in [1.82, 2.24) is 4.57 Å². The van der Waals surface area contributed by atoms with E-state index in [9.17, 15) is 0 Å². The zero-order valence-electron chi connectivity index (χ0n) is 8.91. The number of nitrogens with two attached hydrogens (primary N) is 1. The van der Waals surface area contributed by atoms with Gasteiger partial charge in [0.25, 0.3) is 0 Å². The summed E-state index contributed by atoms with van der Waals surface area (Å²) < 4.78 is 2.19. The molecule has 1 heterocycles. The van der Waals surface area contributed by atoms with Crippen molar-refractivity contribution in [2.24, 2.45) is 12.8 Å². The van der Waals surface area contributed by atoms with E-state index >= 15 is 0 Å². The van der Waals surface area contributed by atoms with E-state index in [1.807, 2.05) is 6.92 Å². The summed E-state index contributed by atoms with van der Waals surface area (Å²) in [4.78, 5) is 0. The zero-order valence-corrected chi connectivity index (χ0v) is 8.91. The van der Waals surface area contributed by atoms with Gasteiger partial charge in [-0.15, -0.1) is 0 Å². The molecule has 2 aromatic rings. The first-order valence-electron chi connectivity index (χ1n) is 4.91.